The second-order valence-corrected chi connectivity index (χ2v) is 2.11. The van der Waals surface area contributed by atoms with E-state index in [1.165, 1.54) is 16.4 Å². The smallest absolute Gasteiger partial charge is 0.170 e. The van der Waals surface area contributed by atoms with Gasteiger partial charge in [-0.25, -0.2) is 15.8 Å². The van der Waals surface area contributed by atoms with Gasteiger partial charge >= 0.3 is 0 Å². The zero-order valence-electron chi connectivity index (χ0n) is 5.18. The van der Waals surface area contributed by atoms with Crippen molar-refractivity contribution in [2.24, 2.45) is 10.8 Å². The molecule has 0 amide bonds. The molecule has 0 unspecified atom stereocenters. The Labute approximate surface area is 57.3 Å². The normalized spacial score (nSPS) is 22.2. The van der Waals surface area contributed by atoms with Crippen molar-refractivity contribution in [1.29, 1.82) is 0 Å². The molecule has 0 aliphatic carbocycles. The average Bonchev–Trinajstić information content (AvgIpc) is 2.35. The molecule has 0 saturated carbocycles. The average molecular weight is 141 g/mol. The first kappa shape index (κ1) is 5.51. The lowest BCUT2D eigenvalue weighted by Crippen LogP contribution is -2.38. The van der Waals surface area contributed by atoms with E-state index in [1.54, 1.807) is 6.20 Å². The highest BCUT2D eigenvalue weighted by atomic mass is 16.6. The fourth-order valence-electron chi connectivity index (χ4n) is 0.926. The summed E-state index contributed by atoms with van der Waals surface area (Å²) in [6, 6.07) is 0. The van der Waals surface area contributed by atoms with Crippen molar-refractivity contribution in [3.8, 4) is 0 Å². The molecular weight excluding hydrogens is 134 g/mol. The van der Waals surface area contributed by atoms with Gasteiger partial charge < -0.3 is 0 Å². The summed E-state index contributed by atoms with van der Waals surface area (Å²) in [4.78, 5) is 3.85. The van der Waals surface area contributed by atoms with Crippen LogP contribution in [0.3, 0.4) is 0 Å². The third-order valence-electron chi connectivity index (χ3n) is 1.38. The van der Waals surface area contributed by atoms with Crippen LogP contribution in [0.2, 0.25) is 0 Å². The Kier molecular flexibility index (Phi) is 0.889. The van der Waals surface area contributed by atoms with E-state index >= 15 is 0 Å². The van der Waals surface area contributed by atoms with Gasteiger partial charge in [0.1, 0.15) is 13.0 Å². The first-order valence-corrected chi connectivity index (χ1v) is 2.80. The fourth-order valence-corrected chi connectivity index (χ4v) is 0.926. The van der Waals surface area contributed by atoms with Gasteiger partial charge in [-0.15, -0.1) is 5.17 Å². The molecule has 0 aromatic heterocycles. The first-order chi connectivity index (χ1) is 4.77. The van der Waals surface area contributed by atoms with E-state index in [9.17, 15) is 0 Å². The standard InChI is InChI=1S/C4H7N5O/c5-7-1-4-6-2-9(10)8(4)3-7/h1-2,10H,3,5H2. The monoisotopic (exact) mass is 141 g/mol. The summed E-state index contributed by atoms with van der Waals surface area (Å²) in [5, 5.41) is 12.9. The van der Waals surface area contributed by atoms with Crippen LogP contribution in [0.1, 0.15) is 0 Å². The Hall–Kier alpha value is -1.27. The number of nitrogens with two attached hydrogens (primary N) is 1. The van der Waals surface area contributed by atoms with Gasteiger partial charge in [0.25, 0.3) is 0 Å². The van der Waals surface area contributed by atoms with Crippen LogP contribution in [-0.4, -0.2) is 33.4 Å². The summed E-state index contributed by atoms with van der Waals surface area (Å²) in [7, 11) is 0. The van der Waals surface area contributed by atoms with Crippen LogP contribution in [0.25, 0.3) is 0 Å². The van der Waals surface area contributed by atoms with E-state index < -0.39 is 0 Å². The molecule has 2 heterocycles. The van der Waals surface area contributed by atoms with E-state index in [4.69, 9.17) is 11.0 Å². The van der Waals surface area contributed by atoms with Crippen molar-refractivity contribution in [2.75, 3.05) is 6.67 Å². The molecule has 3 N–H and O–H groups in total. The largest absolute Gasteiger partial charge is 0.293 e. The summed E-state index contributed by atoms with van der Waals surface area (Å²) >= 11 is 0. The number of hydrazine groups is 2. The predicted octanol–water partition coefficient (Wildman–Crippen LogP) is -1.12. The van der Waals surface area contributed by atoms with Gasteiger partial charge in [0.15, 0.2) is 5.82 Å². The molecular formula is C4H7N5O. The molecule has 0 aromatic carbocycles. The second kappa shape index (κ2) is 1.61. The highest BCUT2D eigenvalue weighted by molar-refractivity contribution is 5.57. The summed E-state index contributed by atoms with van der Waals surface area (Å²) in [6.45, 7) is 0.436. The number of fused-ring (bicyclic) bond motifs is 1. The summed E-state index contributed by atoms with van der Waals surface area (Å²) in [5.41, 5.74) is 0. The molecule has 10 heavy (non-hydrogen) atoms. The minimum absolute atomic E-state index is 0.436. The molecule has 0 radical (unpaired) electrons. The SMILES string of the molecule is NN1C=C2N=CN(O)N2C1. The molecule has 6 heteroatoms. The molecule has 2 aliphatic rings. The Bertz CT molecular complexity index is 212. The Balaban J connectivity index is 2.26. The fraction of sp³-hybridized carbons (Fsp3) is 0.250. The minimum atomic E-state index is 0.436. The Morgan fingerprint density at radius 2 is 2.50 bits per heavy atom. The molecule has 54 valence electrons. The van der Waals surface area contributed by atoms with Gasteiger partial charge in [-0.2, -0.15) is 0 Å². The third-order valence-corrected chi connectivity index (χ3v) is 1.38. The van der Waals surface area contributed by atoms with E-state index in [0.717, 1.165) is 5.17 Å². The molecule has 6 nitrogen and oxygen atoms in total. The van der Waals surface area contributed by atoms with Crippen molar-refractivity contribution in [3.63, 3.8) is 0 Å². The number of nitrogens with zero attached hydrogens (tertiary/aromatic N) is 4. The van der Waals surface area contributed by atoms with Crippen LogP contribution in [0.4, 0.5) is 0 Å². The van der Waals surface area contributed by atoms with Gasteiger partial charge in [0.05, 0.1) is 6.20 Å². The van der Waals surface area contributed by atoms with Gasteiger partial charge in [-0.3, -0.25) is 10.2 Å². The van der Waals surface area contributed by atoms with Crippen LogP contribution >= 0.6 is 0 Å². The van der Waals surface area contributed by atoms with E-state index in [0.29, 0.717) is 12.5 Å². The first-order valence-electron chi connectivity index (χ1n) is 2.80. The van der Waals surface area contributed by atoms with Crippen LogP contribution in [0.15, 0.2) is 17.0 Å². The highest BCUT2D eigenvalue weighted by Crippen LogP contribution is 2.18. The number of hydrogen-bond donors (Lipinski definition) is 2. The van der Waals surface area contributed by atoms with E-state index in [2.05, 4.69) is 4.99 Å². The van der Waals surface area contributed by atoms with Crippen LogP contribution in [0, 0.1) is 0 Å². The molecule has 2 aliphatic heterocycles. The van der Waals surface area contributed by atoms with Crippen molar-refractivity contribution >= 4 is 6.34 Å². The van der Waals surface area contributed by atoms with E-state index in [-0.39, 0.29) is 0 Å². The zero-order valence-corrected chi connectivity index (χ0v) is 5.18. The van der Waals surface area contributed by atoms with Crippen molar-refractivity contribution in [2.45, 2.75) is 0 Å². The molecule has 0 fully saturated rings. The lowest BCUT2D eigenvalue weighted by atomic mass is 10.8. The molecule has 0 spiro atoms. The Morgan fingerprint density at radius 1 is 1.70 bits per heavy atom. The lowest BCUT2D eigenvalue weighted by molar-refractivity contribution is -0.156. The minimum Gasteiger partial charge on any atom is -0.293 e. The Morgan fingerprint density at radius 3 is 3.20 bits per heavy atom. The summed E-state index contributed by atoms with van der Waals surface area (Å²) < 4.78 is 0. The van der Waals surface area contributed by atoms with Crippen LogP contribution in [0.5, 0.6) is 0 Å². The molecule has 0 saturated heterocycles. The molecule has 0 atom stereocenters. The van der Waals surface area contributed by atoms with Gasteiger partial charge in [0, 0.05) is 0 Å². The number of hydroxylamine groups is 1. The molecule has 0 aromatic rings. The highest BCUT2D eigenvalue weighted by Gasteiger charge is 2.26. The predicted molar refractivity (Wildman–Crippen MR) is 32.9 cm³/mol. The lowest BCUT2D eigenvalue weighted by Gasteiger charge is -2.20. The molecule has 2 rings (SSSR count). The van der Waals surface area contributed by atoms with Crippen molar-refractivity contribution in [3.05, 3.63) is 12.0 Å². The van der Waals surface area contributed by atoms with Gasteiger partial charge in [-0.05, 0) is 0 Å². The number of hydrogen-bond acceptors (Lipinski definition) is 6. The zero-order chi connectivity index (χ0) is 7.14. The van der Waals surface area contributed by atoms with Crippen LogP contribution < -0.4 is 5.84 Å². The summed E-state index contributed by atoms with van der Waals surface area (Å²) in [5.74, 6) is 6.05. The topological polar surface area (TPSA) is 68.3 Å². The molecule has 0 bridgehead atoms. The van der Waals surface area contributed by atoms with Gasteiger partial charge in [0.2, 0.25) is 0 Å². The van der Waals surface area contributed by atoms with Crippen LogP contribution in [-0.2, 0) is 0 Å². The number of rotatable bonds is 0. The maximum absolute atomic E-state index is 9.00. The van der Waals surface area contributed by atoms with Crippen molar-refractivity contribution < 1.29 is 5.21 Å². The summed E-state index contributed by atoms with van der Waals surface area (Å²) in [6.07, 6.45) is 2.96. The maximum Gasteiger partial charge on any atom is 0.170 e. The van der Waals surface area contributed by atoms with Crippen molar-refractivity contribution in [1.82, 2.24) is 15.2 Å². The van der Waals surface area contributed by atoms with E-state index in [1.807, 2.05) is 0 Å². The maximum atomic E-state index is 9.00. The number of aliphatic imine (C=N–C) groups is 1. The quantitative estimate of drug-likeness (QED) is 0.418. The third kappa shape index (κ3) is 0.568. The second-order valence-electron chi connectivity index (χ2n) is 2.11. The van der Waals surface area contributed by atoms with Gasteiger partial charge in [-0.1, -0.05) is 0 Å².